The molecule has 1 aromatic carbocycles. The van der Waals surface area contributed by atoms with Crippen LogP contribution in [0, 0.1) is 0 Å². The summed E-state index contributed by atoms with van der Waals surface area (Å²) < 4.78 is 64.0. The van der Waals surface area contributed by atoms with Crippen molar-refractivity contribution >= 4 is 21.9 Å². The molecule has 0 aliphatic heterocycles. The topological polar surface area (TPSA) is 117 Å². The van der Waals surface area contributed by atoms with Gasteiger partial charge in [0, 0.05) is 13.0 Å². The third-order valence-corrected chi connectivity index (χ3v) is 5.16. The molecule has 2 rings (SSSR count). The van der Waals surface area contributed by atoms with Gasteiger partial charge < -0.3 is 0 Å². The van der Waals surface area contributed by atoms with E-state index in [0.717, 1.165) is 5.56 Å². The molecule has 0 aliphatic carbocycles. The number of nitrogens with one attached hydrogen (secondary N) is 3. The average molecular weight is 419 g/mol. The maximum absolute atomic E-state index is 12.4. The number of alkyl halides is 3. The van der Waals surface area contributed by atoms with Crippen molar-refractivity contribution < 1.29 is 26.4 Å². The summed E-state index contributed by atoms with van der Waals surface area (Å²) in [5, 5.41) is 6.94. The molecule has 28 heavy (non-hydrogen) atoms. The lowest BCUT2D eigenvalue weighted by molar-refractivity contribution is -0.144. The van der Waals surface area contributed by atoms with Gasteiger partial charge in [0.15, 0.2) is 0 Å². The van der Waals surface area contributed by atoms with E-state index >= 15 is 0 Å². The number of sulfonamides is 1. The molecule has 0 radical (unpaired) electrons. The highest BCUT2D eigenvalue weighted by molar-refractivity contribution is 7.89. The summed E-state index contributed by atoms with van der Waals surface area (Å²) in [7, 11) is -3.82. The van der Waals surface area contributed by atoms with Crippen LogP contribution < -0.4 is 10.0 Å². The Balaban J connectivity index is 1.89. The summed E-state index contributed by atoms with van der Waals surface area (Å²) in [5.41, 5.74) is 0.843. The van der Waals surface area contributed by atoms with Gasteiger partial charge in [0.05, 0.1) is 4.90 Å². The largest absolute Gasteiger partial charge is 0.451 e. The number of halogens is 3. The number of carbonyl (C=O) groups excluding carboxylic acids is 1. The first-order chi connectivity index (χ1) is 12.8. The molecule has 0 fully saturated rings. The number of aromatic nitrogens is 3. The van der Waals surface area contributed by atoms with E-state index in [2.05, 4.69) is 20.1 Å². The smallest absolute Gasteiger partial charge is 0.293 e. The van der Waals surface area contributed by atoms with E-state index in [1.54, 1.807) is 17.2 Å². The Kier molecular flexibility index (Phi) is 6.14. The molecule has 0 saturated carbocycles. The fourth-order valence-corrected chi connectivity index (χ4v) is 3.18. The number of carbonyl (C=O) groups is 1. The fourth-order valence-electron chi connectivity index (χ4n) is 2.15. The third-order valence-electron chi connectivity index (χ3n) is 3.68. The van der Waals surface area contributed by atoms with E-state index in [-0.39, 0.29) is 23.3 Å². The molecule has 8 nitrogen and oxygen atoms in total. The lowest BCUT2D eigenvalue weighted by atomic mass is 9.87. The Labute approximate surface area is 160 Å². The highest BCUT2D eigenvalue weighted by Crippen LogP contribution is 2.26. The average Bonchev–Trinajstić information content (AvgIpc) is 3.02. The lowest BCUT2D eigenvalue weighted by Gasteiger charge is -2.19. The van der Waals surface area contributed by atoms with Gasteiger partial charge >= 0.3 is 6.18 Å². The van der Waals surface area contributed by atoms with Crippen molar-refractivity contribution in [1.29, 1.82) is 0 Å². The van der Waals surface area contributed by atoms with Gasteiger partial charge in [-0.25, -0.2) is 13.1 Å². The molecule has 1 aromatic heterocycles. The Morgan fingerprint density at radius 1 is 1.14 bits per heavy atom. The lowest BCUT2D eigenvalue weighted by Crippen LogP contribution is -2.28. The Morgan fingerprint density at radius 3 is 2.25 bits per heavy atom. The van der Waals surface area contributed by atoms with Crippen molar-refractivity contribution in [3.63, 3.8) is 0 Å². The predicted molar refractivity (Wildman–Crippen MR) is 95.0 cm³/mol. The zero-order valence-electron chi connectivity index (χ0n) is 15.4. The van der Waals surface area contributed by atoms with Crippen LogP contribution in [0.25, 0.3) is 0 Å². The molecule has 154 valence electrons. The van der Waals surface area contributed by atoms with Gasteiger partial charge in [0.1, 0.15) is 0 Å². The first-order valence-corrected chi connectivity index (χ1v) is 9.67. The number of nitrogens with zero attached hydrogens (tertiary/aromatic N) is 2. The summed E-state index contributed by atoms with van der Waals surface area (Å²) in [6.45, 7) is 5.75. The molecule has 1 heterocycles. The Hall–Kier alpha value is -2.47. The number of rotatable bonds is 6. The number of benzene rings is 1. The monoisotopic (exact) mass is 419 g/mol. The van der Waals surface area contributed by atoms with Crippen molar-refractivity contribution in [2.75, 3.05) is 11.9 Å². The van der Waals surface area contributed by atoms with Crippen molar-refractivity contribution in [3.05, 3.63) is 35.7 Å². The molecule has 0 bridgehead atoms. The summed E-state index contributed by atoms with van der Waals surface area (Å²) in [6, 6.07) is 6.36. The van der Waals surface area contributed by atoms with Crippen LogP contribution in [0.5, 0.6) is 0 Å². The number of hydrogen-bond acceptors (Lipinski definition) is 5. The molecular weight excluding hydrogens is 399 g/mol. The highest BCUT2D eigenvalue weighted by Gasteiger charge is 2.35. The second-order valence-corrected chi connectivity index (χ2v) is 8.74. The molecule has 0 aliphatic rings. The number of H-pyrrole nitrogens is 1. The number of anilines is 1. The molecule has 0 saturated heterocycles. The van der Waals surface area contributed by atoms with Crippen molar-refractivity contribution in [1.82, 2.24) is 19.9 Å². The van der Waals surface area contributed by atoms with Crippen LogP contribution in [-0.2, 0) is 26.4 Å². The van der Waals surface area contributed by atoms with Gasteiger partial charge in [0.25, 0.3) is 0 Å². The normalized spacial score (nSPS) is 12.8. The van der Waals surface area contributed by atoms with Crippen molar-refractivity contribution in [3.8, 4) is 0 Å². The molecular formula is C16H20F3N5O3S. The molecule has 1 amide bonds. The molecule has 3 N–H and O–H groups in total. The molecule has 0 unspecified atom stereocenters. The predicted octanol–water partition coefficient (Wildman–Crippen LogP) is 2.43. The van der Waals surface area contributed by atoms with Crippen molar-refractivity contribution in [2.45, 2.75) is 43.7 Å². The van der Waals surface area contributed by atoms with Crippen LogP contribution in [-0.4, -0.2) is 36.1 Å². The fraction of sp³-hybridized carbons (Fsp3) is 0.438. The van der Waals surface area contributed by atoms with E-state index in [4.69, 9.17) is 0 Å². The van der Waals surface area contributed by atoms with Crippen LogP contribution in [0.15, 0.2) is 29.2 Å². The number of amides is 1. The third kappa shape index (κ3) is 5.76. The van der Waals surface area contributed by atoms with E-state index < -0.39 is 33.9 Å². The molecule has 0 spiro atoms. The number of hydrogen-bond donors (Lipinski definition) is 3. The van der Waals surface area contributed by atoms with E-state index in [1.807, 2.05) is 20.8 Å². The Morgan fingerprint density at radius 2 is 1.75 bits per heavy atom. The van der Waals surface area contributed by atoms with Gasteiger partial charge in [-0.15, -0.1) is 5.10 Å². The van der Waals surface area contributed by atoms with E-state index in [0.29, 0.717) is 0 Å². The Bertz CT molecular complexity index is 932. The summed E-state index contributed by atoms with van der Waals surface area (Å²) in [5.74, 6) is -2.63. The standard InChI is InChI=1S/C16H20F3N5O3S/c1-15(2,3)10-4-6-11(7-5-10)28(26,27)20-9-8-12(25)21-14-22-13(23-24-14)16(17,18)19/h4-7,20H,8-9H2,1-3H3,(H2,21,22,23,24,25). The second kappa shape index (κ2) is 7.87. The quantitative estimate of drug-likeness (QED) is 0.665. The zero-order chi connectivity index (χ0) is 21.2. The summed E-state index contributed by atoms with van der Waals surface area (Å²) in [6.07, 6.45) is -5.02. The first-order valence-electron chi connectivity index (χ1n) is 8.19. The van der Waals surface area contributed by atoms with Crippen molar-refractivity contribution in [2.24, 2.45) is 0 Å². The van der Waals surface area contributed by atoms with Crippen LogP contribution in [0.3, 0.4) is 0 Å². The molecule has 12 heteroatoms. The maximum Gasteiger partial charge on any atom is 0.451 e. The summed E-state index contributed by atoms with van der Waals surface area (Å²) >= 11 is 0. The summed E-state index contributed by atoms with van der Waals surface area (Å²) in [4.78, 5) is 14.9. The van der Waals surface area contributed by atoms with Crippen LogP contribution >= 0.6 is 0 Å². The van der Waals surface area contributed by atoms with Gasteiger partial charge in [0.2, 0.25) is 27.7 Å². The molecule has 2 aromatic rings. The number of aromatic amines is 1. The highest BCUT2D eigenvalue weighted by atomic mass is 32.2. The minimum Gasteiger partial charge on any atom is -0.293 e. The SMILES string of the molecule is CC(C)(C)c1ccc(S(=O)(=O)NCCC(=O)Nc2n[nH]c(C(F)(F)F)n2)cc1. The maximum atomic E-state index is 12.4. The van der Waals surface area contributed by atoms with E-state index in [1.165, 1.54) is 12.1 Å². The van der Waals surface area contributed by atoms with Crippen LogP contribution in [0.4, 0.5) is 19.1 Å². The van der Waals surface area contributed by atoms with Gasteiger partial charge in [-0.3, -0.25) is 15.2 Å². The van der Waals surface area contributed by atoms with E-state index in [9.17, 15) is 26.4 Å². The second-order valence-electron chi connectivity index (χ2n) is 6.98. The zero-order valence-corrected chi connectivity index (χ0v) is 16.2. The van der Waals surface area contributed by atoms with Gasteiger partial charge in [-0.1, -0.05) is 32.9 Å². The van der Waals surface area contributed by atoms with Gasteiger partial charge in [-0.05, 0) is 23.1 Å². The van der Waals surface area contributed by atoms with Crippen LogP contribution in [0.1, 0.15) is 38.6 Å². The minimum absolute atomic E-state index is 0.0460. The van der Waals surface area contributed by atoms with Gasteiger partial charge in [-0.2, -0.15) is 18.2 Å². The first kappa shape index (κ1) is 21.8. The molecule has 0 atom stereocenters. The minimum atomic E-state index is -4.71. The van der Waals surface area contributed by atoms with Crippen LogP contribution in [0.2, 0.25) is 0 Å².